The Morgan fingerprint density at radius 1 is 1.30 bits per heavy atom. The standard InChI is InChI=1S/C14H26N2O4/c1-6-7-16(9-11(17)15-5)12(18)8-14(4,10(2)3)13(19)20/h10H,6-9H2,1-5H3,(H,15,17)(H,19,20). The number of hydrogen-bond acceptors (Lipinski definition) is 3. The number of rotatable bonds is 8. The van der Waals surface area contributed by atoms with E-state index >= 15 is 0 Å². The van der Waals surface area contributed by atoms with Crippen molar-refractivity contribution in [1.82, 2.24) is 10.2 Å². The lowest BCUT2D eigenvalue weighted by molar-refractivity contribution is -0.155. The topological polar surface area (TPSA) is 86.7 Å². The number of carboxylic acids is 1. The number of carbonyl (C=O) groups is 3. The molecule has 0 aromatic carbocycles. The highest BCUT2D eigenvalue weighted by atomic mass is 16.4. The molecule has 0 aromatic heterocycles. The molecule has 116 valence electrons. The van der Waals surface area contributed by atoms with Crippen LogP contribution >= 0.6 is 0 Å². The zero-order valence-corrected chi connectivity index (χ0v) is 13.0. The van der Waals surface area contributed by atoms with Crippen molar-refractivity contribution in [2.45, 2.75) is 40.5 Å². The Morgan fingerprint density at radius 2 is 1.85 bits per heavy atom. The third-order valence-electron chi connectivity index (χ3n) is 3.74. The Balaban J connectivity index is 4.98. The molecule has 0 fully saturated rings. The fourth-order valence-electron chi connectivity index (χ4n) is 1.77. The summed E-state index contributed by atoms with van der Waals surface area (Å²) in [6.45, 7) is 7.45. The van der Waals surface area contributed by atoms with Crippen molar-refractivity contribution in [2.24, 2.45) is 11.3 Å². The van der Waals surface area contributed by atoms with Gasteiger partial charge in [-0.3, -0.25) is 14.4 Å². The van der Waals surface area contributed by atoms with Gasteiger partial charge in [0.15, 0.2) is 0 Å². The molecule has 0 radical (unpaired) electrons. The predicted molar refractivity (Wildman–Crippen MR) is 76.1 cm³/mol. The van der Waals surface area contributed by atoms with Crippen LogP contribution < -0.4 is 5.32 Å². The number of nitrogens with one attached hydrogen (secondary N) is 1. The maximum absolute atomic E-state index is 12.3. The van der Waals surface area contributed by atoms with Gasteiger partial charge in [0, 0.05) is 20.0 Å². The molecule has 20 heavy (non-hydrogen) atoms. The second-order valence-electron chi connectivity index (χ2n) is 5.54. The Labute approximate surface area is 120 Å². The summed E-state index contributed by atoms with van der Waals surface area (Å²) in [5.41, 5.74) is -1.12. The summed E-state index contributed by atoms with van der Waals surface area (Å²) in [6, 6.07) is 0. The van der Waals surface area contributed by atoms with Gasteiger partial charge in [0.25, 0.3) is 0 Å². The van der Waals surface area contributed by atoms with Gasteiger partial charge >= 0.3 is 5.97 Å². The lowest BCUT2D eigenvalue weighted by Gasteiger charge is -2.31. The zero-order valence-electron chi connectivity index (χ0n) is 13.0. The van der Waals surface area contributed by atoms with Crippen molar-refractivity contribution in [3.8, 4) is 0 Å². The summed E-state index contributed by atoms with van der Waals surface area (Å²) in [5, 5.41) is 11.8. The summed E-state index contributed by atoms with van der Waals surface area (Å²) < 4.78 is 0. The highest BCUT2D eigenvalue weighted by Crippen LogP contribution is 2.32. The van der Waals surface area contributed by atoms with Crippen LogP contribution in [0.15, 0.2) is 0 Å². The van der Waals surface area contributed by atoms with Crippen LogP contribution in [0, 0.1) is 11.3 Å². The van der Waals surface area contributed by atoms with Gasteiger partial charge in [0.05, 0.1) is 12.0 Å². The molecule has 0 aromatic rings. The summed E-state index contributed by atoms with van der Waals surface area (Å²) in [4.78, 5) is 36.5. The summed E-state index contributed by atoms with van der Waals surface area (Å²) in [6.07, 6.45) is 0.616. The third kappa shape index (κ3) is 4.83. The predicted octanol–water partition coefficient (Wildman–Crippen LogP) is 1.11. The molecule has 0 aliphatic carbocycles. The van der Waals surface area contributed by atoms with Crippen LogP contribution in [0.1, 0.15) is 40.5 Å². The first-order valence-corrected chi connectivity index (χ1v) is 6.90. The molecule has 1 unspecified atom stereocenters. The van der Waals surface area contributed by atoms with Crippen LogP contribution in [0.5, 0.6) is 0 Å². The van der Waals surface area contributed by atoms with E-state index in [4.69, 9.17) is 0 Å². The normalized spacial score (nSPS) is 13.7. The smallest absolute Gasteiger partial charge is 0.310 e. The van der Waals surface area contributed by atoms with E-state index in [1.54, 1.807) is 20.8 Å². The van der Waals surface area contributed by atoms with Crippen LogP contribution in [0.2, 0.25) is 0 Å². The lowest BCUT2D eigenvalue weighted by atomic mass is 9.76. The molecule has 2 amide bonds. The van der Waals surface area contributed by atoms with Crippen LogP contribution in [0.3, 0.4) is 0 Å². The molecule has 0 saturated carbocycles. The van der Waals surface area contributed by atoms with E-state index in [0.29, 0.717) is 13.0 Å². The Morgan fingerprint density at radius 3 is 2.20 bits per heavy atom. The van der Waals surface area contributed by atoms with E-state index in [9.17, 15) is 19.5 Å². The maximum atomic E-state index is 12.3. The molecule has 0 aliphatic rings. The van der Waals surface area contributed by atoms with Crippen LogP contribution in [0.4, 0.5) is 0 Å². The first kappa shape index (κ1) is 18.4. The second kappa shape index (κ2) is 7.87. The monoisotopic (exact) mass is 286 g/mol. The van der Waals surface area contributed by atoms with Gasteiger partial charge in [-0.25, -0.2) is 0 Å². The quantitative estimate of drug-likeness (QED) is 0.699. The van der Waals surface area contributed by atoms with Gasteiger partial charge in [0.2, 0.25) is 11.8 Å². The van der Waals surface area contributed by atoms with Gasteiger partial charge in [-0.1, -0.05) is 20.8 Å². The van der Waals surface area contributed by atoms with Crippen molar-refractivity contribution in [1.29, 1.82) is 0 Å². The van der Waals surface area contributed by atoms with Crippen molar-refractivity contribution in [2.75, 3.05) is 20.1 Å². The van der Waals surface area contributed by atoms with Crippen molar-refractivity contribution in [3.63, 3.8) is 0 Å². The van der Waals surface area contributed by atoms with Gasteiger partial charge in [-0.2, -0.15) is 0 Å². The van der Waals surface area contributed by atoms with Gasteiger partial charge in [-0.05, 0) is 19.3 Å². The number of likely N-dealkylation sites (N-methyl/N-ethyl adjacent to an activating group) is 1. The Bertz CT molecular complexity index is 368. The number of carbonyl (C=O) groups excluding carboxylic acids is 2. The second-order valence-corrected chi connectivity index (χ2v) is 5.54. The molecule has 1 atom stereocenters. The minimum Gasteiger partial charge on any atom is -0.481 e. The van der Waals surface area contributed by atoms with E-state index in [-0.39, 0.29) is 30.7 Å². The van der Waals surface area contributed by atoms with Crippen LogP contribution in [-0.4, -0.2) is 47.9 Å². The Kier molecular flexibility index (Phi) is 7.24. The van der Waals surface area contributed by atoms with E-state index in [0.717, 1.165) is 0 Å². The number of nitrogens with zero attached hydrogens (tertiary/aromatic N) is 1. The minimum absolute atomic E-state index is 0.0308. The number of aliphatic carboxylic acids is 1. The molecule has 0 bridgehead atoms. The maximum Gasteiger partial charge on any atom is 0.310 e. The molecule has 0 rings (SSSR count). The molecule has 6 heteroatoms. The van der Waals surface area contributed by atoms with Crippen LogP contribution in [0.25, 0.3) is 0 Å². The van der Waals surface area contributed by atoms with E-state index in [1.807, 2.05) is 6.92 Å². The van der Waals surface area contributed by atoms with E-state index < -0.39 is 11.4 Å². The van der Waals surface area contributed by atoms with Gasteiger partial charge < -0.3 is 15.3 Å². The average Bonchev–Trinajstić information content (AvgIpc) is 2.37. The number of amides is 2. The molecule has 0 aliphatic heterocycles. The van der Waals surface area contributed by atoms with Crippen molar-refractivity contribution >= 4 is 17.8 Å². The first-order valence-electron chi connectivity index (χ1n) is 6.90. The summed E-state index contributed by atoms with van der Waals surface area (Å²) in [7, 11) is 1.51. The third-order valence-corrected chi connectivity index (χ3v) is 3.74. The summed E-state index contributed by atoms with van der Waals surface area (Å²) in [5.74, 6) is -1.72. The molecular formula is C14H26N2O4. The average molecular weight is 286 g/mol. The van der Waals surface area contributed by atoms with Gasteiger partial charge in [-0.15, -0.1) is 0 Å². The van der Waals surface area contributed by atoms with E-state index in [1.165, 1.54) is 11.9 Å². The SMILES string of the molecule is CCCN(CC(=O)NC)C(=O)CC(C)(C(=O)O)C(C)C. The number of hydrogen-bond donors (Lipinski definition) is 2. The molecule has 0 spiro atoms. The largest absolute Gasteiger partial charge is 0.481 e. The fourth-order valence-corrected chi connectivity index (χ4v) is 1.77. The Hall–Kier alpha value is -1.59. The van der Waals surface area contributed by atoms with Gasteiger partial charge in [0.1, 0.15) is 0 Å². The highest BCUT2D eigenvalue weighted by Gasteiger charge is 2.39. The molecule has 0 heterocycles. The van der Waals surface area contributed by atoms with Crippen molar-refractivity contribution in [3.05, 3.63) is 0 Å². The number of carboxylic acid groups (broad SMARTS) is 1. The highest BCUT2D eigenvalue weighted by molar-refractivity contribution is 5.88. The van der Waals surface area contributed by atoms with Crippen molar-refractivity contribution < 1.29 is 19.5 Å². The van der Waals surface area contributed by atoms with Crippen LogP contribution in [-0.2, 0) is 14.4 Å². The molecular weight excluding hydrogens is 260 g/mol. The molecule has 2 N–H and O–H groups in total. The van der Waals surface area contributed by atoms with E-state index in [2.05, 4.69) is 5.32 Å². The fraction of sp³-hybridized carbons (Fsp3) is 0.786. The molecule has 6 nitrogen and oxygen atoms in total. The lowest BCUT2D eigenvalue weighted by Crippen LogP contribution is -2.44. The molecule has 0 saturated heterocycles. The zero-order chi connectivity index (χ0) is 15.9. The summed E-state index contributed by atoms with van der Waals surface area (Å²) >= 11 is 0. The minimum atomic E-state index is -1.12. The first-order chi connectivity index (χ1) is 9.18.